The molecule has 0 unspecified atom stereocenters. The van der Waals surface area contributed by atoms with E-state index in [1.807, 2.05) is 20.8 Å². The van der Waals surface area contributed by atoms with Crippen LogP contribution in [0.3, 0.4) is 0 Å². The minimum Gasteiger partial charge on any atom is -0.483 e. The van der Waals surface area contributed by atoms with Gasteiger partial charge in [-0.3, -0.25) is 4.79 Å². The molecule has 0 heterocycles. The molecule has 0 fully saturated rings. The van der Waals surface area contributed by atoms with Crippen molar-refractivity contribution in [1.82, 2.24) is 5.32 Å². The van der Waals surface area contributed by atoms with Gasteiger partial charge < -0.3 is 20.5 Å². The molecule has 3 N–H and O–H groups in total. The fourth-order valence-electron chi connectivity index (χ4n) is 2.42. The van der Waals surface area contributed by atoms with Gasteiger partial charge >= 0.3 is 5.97 Å². The zero-order chi connectivity index (χ0) is 20.9. The largest absolute Gasteiger partial charge is 0.483 e. The molecule has 0 spiro atoms. The minimum atomic E-state index is -1.11. The van der Waals surface area contributed by atoms with Crippen LogP contribution < -0.4 is 15.4 Å². The van der Waals surface area contributed by atoms with Crippen molar-refractivity contribution in [2.24, 2.45) is 0 Å². The Morgan fingerprint density at radius 2 is 1.82 bits per heavy atom. The van der Waals surface area contributed by atoms with E-state index >= 15 is 0 Å². The second-order valence-corrected chi connectivity index (χ2v) is 8.04. The first-order chi connectivity index (χ1) is 13.0. The zero-order valence-electron chi connectivity index (χ0n) is 15.8. The van der Waals surface area contributed by atoms with Gasteiger partial charge in [0.1, 0.15) is 5.75 Å². The number of hydrogen-bond acceptors (Lipinski definition) is 4. The maximum absolute atomic E-state index is 12.0. The zero-order valence-corrected chi connectivity index (χ0v) is 17.3. The highest BCUT2D eigenvalue weighted by Gasteiger charge is 2.15. The number of anilines is 1. The van der Waals surface area contributed by atoms with Crippen LogP contribution in [-0.2, 0) is 11.3 Å². The Bertz CT molecular complexity index is 879. The quantitative estimate of drug-likeness (QED) is 0.604. The van der Waals surface area contributed by atoms with Crippen molar-refractivity contribution in [2.75, 3.05) is 11.9 Å². The lowest BCUT2D eigenvalue weighted by molar-refractivity contribution is -0.124. The van der Waals surface area contributed by atoms with Crippen LogP contribution in [0.4, 0.5) is 5.69 Å². The van der Waals surface area contributed by atoms with Gasteiger partial charge in [0.25, 0.3) is 5.91 Å². The van der Waals surface area contributed by atoms with E-state index in [0.29, 0.717) is 23.0 Å². The molecule has 2 aromatic carbocycles. The third-order valence-corrected chi connectivity index (χ3v) is 4.14. The van der Waals surface area contributed by atoms with E-state index in [4.69, 9.17) is 27.9 Å². The number of carboxylic acids is 1. The number of amides is 1. The first-order valence-corrected chi connectivity index (χ1v) is 9.30. The standard InChI is InChI=1S/C20H22Cl2N2O4/c1-20(2,3)24-18(25)11-28-17-7-4-13(21)8-12(17)10-23-14-5-6-16(22)15(9-14)19(26)27/h4-9,23H,10-11H2,1-3H3,(H,24,25)(H,26,27). The SMILES string of the molecule is CC(C)(C)NC(=O)COc1ccc(Cl)cc1CNc1ccc(Cl)c(C(=O)O)c1. The van der Waals surface area contributed by atoms with E-state index in [2.05, 4.69) is 10.6 Å². The maximum atomic E-state index is 12.0. The number of nitrogens with one attached hydrogen (secondary N) is 2. The Morgan fingerprint density at radius 1 is 1.11 bits per heavy atom. The molecule has 0 aromatic heterocycles. The van der Waals surface area contributed by atoms with E-state index in [0.717, 1.165) is 5.56 Å². The Balaban J connectivity index is 2.09. The maximum Gasteiger partial charge on any atom is 0.337 e. The van der Waals surface area contributed by atoms with Crippen LogP contribution in [0.25, 0.3) is 0 Å². The van der Waals surface area contributed by atoms with Gasteiger partial charge in [0.2, 0.25) is 0 Å². The van der Waals surface area contributed by atoms with Crippen LogP contribution in [0, 0.1) is 0 Å². The normalized spacial score (nSPS) is 11.0. The van der Waals surface area contributed by atoms with Crippen LogP contribution in [0.5, 0.6) is 5.75 Å². The van der Waals surface area contributed by atoms with Crippen molar-refractivity contribution in [3.8, 4) is 5.75 Å². The van der Waals surface area contributed by atoms with Gasteiger partial charge in [-0.25, -0.2) is 4.79 Å². The number of halogens is 2. The highest BCUT2D eigenvalue weighted by atomic mass is 35.5. The number of carbonyl (C=O) groups is 2. The van der Waals surface area contributed by atoms with Gasteiger partial charge in [0.15, 0.2) is 6.61 Å². The van der Waals surface area contributed by atoms with Gasteiger partial charge in [-0.2, -0.15) is 0 Å². The molecule has 6 nitrogen and oxygen atoms in total. The van der Waals surface area contributed by atoms with Crippen LogP contribution >= 0.6 is 23.2 Å². The van der Waals surface area contributed by atoms with Crippen molar-refractivity contribution in [3.05, 3.63) is 57.6 Å². The van der Waals surface area contributed by atoms with Gasteiger partial charge in [-0.15, -0.1) is 0 Å². The number of carboxylic acid groups (broad SMARTS) is 1. The molecule has 0 saturated heterocycles. The first-order valence-electron chi connectivity index (χ1n) is 8.54. The van der Waals surface area contributed by atoms with Crippen molar-refractivity contribution < 1.29 is 19.4 Å². The average molecular weight is 425 g/mol. The Kier molecular flexibility index (Phi) is 7.16. The molecule has 150 valence electrons. The second-order valence-electron chi connectivity index (χ2n) is 7.19. The molecule has 0 saturated carbocycles. The third kappa shape index (κ3) is 6.62. The van der Waals surface area contributed by atoms with E-state index in [1.54, 1.807) is 24.3 Å². The van der Waals surface area contributed by atoms with E-state index < -0.39 is 5.97 Å². The monoisotopic (exact) mass is 424 g/mol. The molecule has 28 heavy (non-hydrogen) atoms. The number of ether oxygens (including phenoxy) is 1. The van der Waals surface area contributed by atoms with Crippen LogP contribution in [0.2, 0.25) is 10.0 Å². The van der Waals surface area contributed by atoms with Crippen molar-refractivity contribution in [1.29, 1.82) is 0 Å². The third-order valence-electron chi connectivity index (χ3n) is 3.58. The van der Waals surface area contributed by atoms with Crippen LogP contribution in [0.1, 0.15) is 36.7 Å². The Morgan fingerprint density at radius 3 is 2.46 bits per heavy atom. The van der Waals surface area contributed by atoms with Gasteiger partial charge in [0.05, 0.1) is 10.6 Å². The number of carbonyl (C=O) groups excluding carboxylic acids is 1. The highest BCUT2D eigenvalue weighted by Crippen LogP contribution is 2.25. The molecule has 0 bridgehead atoms. The van der Waals surface area contributed by atoms with E-state index in [-0.39, 0.29) is 28.6 Å². The average Bonchev–Trinajstić information content (AvgIpc) is 2.58. The highest BCUT2D eigenvalue weighted by molar-refractivity contribution is 6.33. The van der Waals surface area contributed by atoms with Crippen molar-refractivity contribution >= 4 is 40.8 Å². The first kappa shape index (κ1) is 21.9. The smallest absolute Gasteiger partial charge is 0.337 e. The van der Waals surface area contributed by atoms with Crippen molar-refractivity contribution in [3.63, 3.8) is 0 Å². The molecule has 0 radical (unpaired) electrons. The van der Waals surface area contributed by atoms with Gasteiger partial charge in [-0.05, 0) is 57.2 Å². The fourth-order valence-corrected chi connectivity index (χ4v) is 2.81. The molecule has 2 aromatic rings. The Labute approximate surface area is 173 Å². The van der Waals surface area contributed by atoms with Crippen LogP contribution in [0.15, 0.2) is 36.4 Å². The molecule has 0 aliphatic rings. The summed E-state index contributed by atoms with van der Waals surface area (Å²) in [4.78, 5) is 23.2. The molecular weight excluding hydrogens is 403 g/mol. The molecular formula is C20H22Cl2N2O4. The minimum absolute atomic E-state index is 0.00749. The molecule has 0 atom stereocenters. The lowest BCUT2D eigenvalue weighted by Crippen LogP contribution is -2.43. The van der Waals surface area contributed by atoms with Crippen LogP contribution in [-0.4, -0.2) is 29.1 Å². The summed E-state index contributed by atoms with van der Waals surface area (Å²) in [5.74, 6) is -0.830. The predicted octanol–water partition coefficient (Wildman–Crippen LogP) is 4.60. The van der Waals surface area contributed by atoms with E-state index in [1.165, 1.54) is 12.1 Å². The summed E-state index contributed by atoms with van der Waals surface area (Å²) in [6.45, 7) is 5.85. The molecule has 2 rings (SSSR count). The number of benzene rings is 2. The molecule has 1 amide bonds. The molecule has 8 heteroatoms. The summed E-state index contributed by atoms with van der Waals surface area (Å²) in [5.41, 5.74) is 0.968. The molecule has 0 aliphatic heterocycles. The Hall–Kier alpha value is -2.44. The second kappa shape index (κ2) is 9.17. The summed E-state index contributed by atoms with van der Waals surface area (Å²) in [5, 5.41) is 15.8. The fraction of sp³-hybridized carbons (Fsp3) is 0.300. The topological polar surface area (TPSA) is 87.7 Å². The number of aromatic carboxylic acids is 1. The summed E-state index contributed by atoms with van der Waals surface area (Å²) in [6.07, 6.45) is 0. The summed E-state index contributed by atoms with van der Waals surface area (Å²) in [7, 11) is 0. The lowest BCUT2D eigenvalue weighted by atomic mass is 10.1. The summed E-state index contributed by atoms with van der Waals surface area (Å²) < 4.78 is 5.64. The van der Waals surface area contributed by atoms with Gasteiger partial charge in [0, 0.05) is 28.4 Å². The number of rotatable bonds is 7. The van der Waals surface area contributed by atoms with Gasteiger partial charge in [-0.1, -0.05) is 23.2 Å². The number of hydrogen-bond donors (Lipinski definition) is 3. The van der Waals surface area contributed by atoms with E-state index in [9.17, 15) is 14.7 Å². The van der Waals surface area contributed by atoms with Crippen molar-refractivity contribution in [2.45, 2.75) is 32.9 Å². The summed E-state index contributed by atoms with van der Waals surface area (Å²) >= 11 is 12.0. The predicted molar refractivity (Wildman–Crippen MR) is 111 cm³/mol. The molecule has 0 aliphatic carbocycles. The lowest BCUT2D eigenvalue weighted by Gasteiger charge is -2.21. The summed E-state index contributed by atoms with van der Waals surface area (Å²) in [6, 6.07) is 9.73.